The van der Waals surface area contributed by atoms with Crippen LogP contribution in [0.4, 0.5) is 0 Å². The van der Waals surface area contributed by atoms with Crippen LogP contribution < -0.4 is 5.63 Å². The summed E-state index contributed by atoms with van der Waals surface area (Å²) in [6, 6.07) is 17.2. The van der Waals surface area contributed by atoms with Crippen LogP contribution in [0.5, 0.6) is 0 Å². The van der Waals surface area contributed by atoms with E-state index >= 15 is 0 Å². The third kappa shape index (κ3) is 2.84. The molecule has 0 N–H and O–H groups in total. The number of benzene rings is 2. The van der Waals surface area contributed by atoms with Crippen molar-refractivity contribution in [3.05, 3.63) is 82.2 Å². The van der Waals surface area contributed by atoms with Crippen molar-refractivity contribution in [1.29, 1.82) is 0 Å². The van der Waals surface area contributed by atoms with Gasteiger partial charge in [0.15, 0.2) is 0 Å². The molecule has 3 aromatic rings. The van der Waals surface area contributed by atoms with E-state index in [4.69, 9.17) is 9.15 Å². The number of hydrogen-bond acceptors (Lipinski definition) is 4. The fourth-order valence-electron chi connectivity index (χ4n) is 2.08. The van der Waals surface area contributed by atoms with Crippen LogP contribution in [-0.4, -0.2) is 5.97 Å². The summed E-state index contributed by atoms with van der Waals surface area (Å²) in [5.41, 5.74) is 1.22. The van der Waals surface area contributed by atoms with Crippen LogP contribution in [0.1, 0.15) is 15.9 Å². The minimum Gasteiger partial charge on any atom is -0.457 e. The molecule has 0 radical (unpaired) electrons. The molecule has 0 saturated carbocycles. The molecule has 4 nitrogen and oxygen atoms in total. The molecule has 0 bridgehead atoms. The Morgan fingerprint density at radius 1 is 0.952 bits per heavy atom. The van der Waals surface area contributed by atoms with E-state index in [9.17, 15) is 9.59 Å². The normalized spacial score (nSPS) is 10.5. The van der Waals surface area contributed by atoms with E-state index in [2.05, 4.69) is 0 Å². The Balaban J connectivity index is 1.86. The summed E-state index contributed by atoms with van der Waals surface area (Å²) in [4.78, 5) is 23.4. The van der Waals surface area contributed by atoms with Crippen molar-refractivity contribution in [2.45, 2.75) is 6.61 Å². The van der Waals surface area contributed by atoms with Crippen molar-refractivity contribution in [2.24, 2.45) is 0 Å². The molecule has 21 heavy (non-hydrogen) atoms. The third-order valence-electron chi connectivity index (χ3n) is 3.10. The van der Waals surface area contributed by atoms with Gasteiger partial charge in [0.2, 0.25) is 0 Å². The monoisotopic (exact) mass is 280 g/mol. The molecule has 0 amide bonds. The quantitative estimate of drug-likeness (QED) is 0.546. The molecule has 0 fully saturated rings. The van der Waals surface area contributed by atoms with Gasteiger partial charge in [-0.2, -0.15) is 0 Å². The van der Waals surface area contributed by atoms with Gasteiger partial charge in [0.25, 0.3) is 0 Å². The molecule has 1 aromatic heterocycles. The van der Waals surface area contributed by atoms with Crippen LogP contribution in [0.25, 0.3) is 11.0 Å². The average molecular weight is 280 g/mol. The summed E-state index contributed by atoms with van der Waals surface area (Å²) in [5.74, 6) is -0.446. The second-order valence-corrected chi connectivity index (χ2v) is 4.53. The van der Waals surface area contributed by atoms with Gasteiger partial charge in [-0.05, 0) is 23.8 Å². The van der Waals surface area contributed by atoms with Gasteiger partial charge in [0.1, 0.15) is 12.2 Å². The first-order chi connectivity index (χ1) is 10.2. The lowest BCUT2D eigenvalue weighted by Gasteiger charge is -2.07. The molecule has 0 unspecified atom stereocenters. The van der Waals surface area contributed by atoms with E-state index in [1.54, 1.807) is 24.3 Å². The van der Waals surface area contributed by atoms with Gasteiger partial charge < -0.3 is 9.15 Å². The predicted octanol–water partition coefficient (Wildman–Crippen LogP) is 3.15. The molecule has 4 heteroatoms. The number of hydrogen-bond donors (Lipinski definition) is 0. The SMILES string of the molecule is O=C(OCc1ccccc1)c1cccc2oc(=O)ccc12. The first kappa shape index (κ1) is 13.1. The van der Waals surface area contributed by atoms with Crippen molar-refractivity contribution >= 4 is 16.9 Å². The van der Waals surface area contributed by atoms with Gasteiger partial charge in [-0.25, -0.2) is 9.59 Å². The highest BCUT2D eigenvalue weighted by Gasteiger charge is 2.12. The van der Waals surface area contributed by atoms with Gasteiger partial charge in [-0.3, -0.25) is 0 Å². The molecule has 0 aliphatic heterocycles. The summed E-state index contributed by atoms with van der Waals surface area (Å²) in [6.07, 6.45) is 0. The topological polar surface area (TPSA) is 56.5 Å². The van der Waals surface area contributed by atoms with Gasteiger partial charge >= 0.3 is 11.6 Å². The highest BCUT2D eigenvalue weighted by Crippen LogP contribution is 2.18. The highest BCUT2D eigenvalue weighted by molar-refractivity contribution is 6.02. The molecule has 0 aliphatic carbocycles. The smallest absolute Gasteiger partial charge is 0.339 e. The predicted molar refractivity (Wildman–Crippen MR) is 78.0 cm³/mol. The first-order valence-corrected chi connectivity index (χ1v) is 6.48. The molecule has 2 aromatic carbocycles. The van der Waals surface area contributed by atoms with Gasteiger partial charge in [0.05, 0.1) is 5.56 Å². The Morgan fingerprint density at radius 3 is 2.57 bits per heavy atom. The molecular weight excluding hydrogens is 268 g/mol. The molecule has 0 atom stereocenters. The van der Waals surface area contributed by atoms with Crippen LogP contribution in [0, 0.1) is 0 Å². The molecule has 104 valence electrons. The zero-order valence-corrected chi connectivity index (χ0v) is 11.1. The molecule has 0 spiro atoms. The minimum atomic E-state index is -0.447. The number of esters is 1. The maximum atomic E-state index is 12.2. The maximum Gasteiger partial charge on any atom is 0.339 e. The Bertz CT molecular complexity index is 834. The number of rotatable bonds is 3. The van der Waals surface area contributed by atoms with E-state index in [-0.39, 0.29) is 6.61 Å². The summed E-state index contributed by atoms with van der Waals surface area (Å²) >= 11 is 0. The van der Waals surface area contributed by atoms with Crippen LogP contribution in [0.3, 0.4) is 0 Å². The van der Waals surface area contributed by atoms with Crippen LogP contribution in [0.15, 0.2) is 69.9 Å². The molecule has 3 rings (SSSR count). The molecular formula is C17H12O4. The van der Waals surface area contributed by atoms with Crippen LogP contribution in [-0.2, 0) is 11.3 Å². The highest BCUT2D eigenvalue weighted by atomic mass is 16.5. The molecule has 1 heterocycles. The standard InChI is InChI=1S/C17H12O4/c18-16-10-9-13-14(7-4-8-15(13)21-16)17(19)20-11-12-5-2-1-3-6-12/h1-10H,11H2. The second kappa shape index (κ2) is 5.63. The zero-order chi connectivity index (χ0) is 14.7. The number of carbonyl (C=O) groups excluding carboxylic acids is 1. The van der Waals surface area contributed by atoms with Crippen molar-refractivity contribution in [1.82, 2.24) is 0 Å². The Hall–Kier alpha value is -2.88. The molecule has 0 aliphatic rings. The Morgan fingerprint density at radius 2 is 1.76 bits per heavy atom. The van der Waals surface area contributed by atoms with E-state index in [0.29, 0.717) is 16.5 Å². The summed E-state index contributed by atoms with van der Waals surface area (Å²) < 4.78 is 10.3. The molecule has 0 saturated heterocycles. The fraction of sp³-hybridized carbons (Fsp3) is 0.0588. The van der Waals surface area contributed by atoms with Crippen molar-refractivity contribution in [2.75, 3.05) is 0 Å². The third-order valence-corrected chi connectivity index (χ3v) is 3.10. The van der Waals surface area contributed by atoms with E-state index in [1.165, 1.54) is 6.07 Å². The van der Waals surface area contributed by atoms with E-state index in [1.807, 2.05) is 30.3 Å². The Labute approximate surface area is 120 Å². The number of carbonyl (C=O) groups is 1. The van der Waals surface area contributed by atoms with Gasteiger partial charge in [-0.1, -0.05) is 36.4 Å². The lowest BCUT2D eigenvalue weighted by atomic mass is 10.1. The van der Waals surface area contributed by atoms with Crippen molar-refractivity contribution in [3.8, 4) is 0 Å². The summed E-state index contributed by atoms with van der Waals surface area (Å²) in [7, 11) is 0. The minimum absolute atomic E-state index is 0.201. The van der Waals surface area contributed by atoms with Gasteiger partial charge in [-0.15, -0.1) is 0 Å². The summed E-state index contributed by atoms with van der Waals surface area (Å²) in [6.45, 7) is 0.201. The Kier molecular flexibility index (Phi) is 3.51. The maximum absolute atomic E-state index is 12.2. The first-order valence-electron chi connectivity index (χ1n) is 6.48. The lowest BCUT2D eigenvalue weighted by Crippen LogP contribution is -2.06. The van der Waals surface area contributed by atoms with Crippen LogP contribution in [0.2, 0.25) is 0 Å². The van der Waals surface area contributed by atoms with Crippen molar-refractivity contribution in [3.63, 3.8) is 0 Å². The number of ether oxygens (including phenoxy) is 1. The largest absolute Gasteiger partial charge is 0.457 e. The summed E-state index contributed by atoms with van der Waals surface area (Å²) in [5, 5.41) is 0.565. The number of fused-ring (bicyclic) bond motifs is 1. The fourth-order valence-corrected chi connectivity index (χ4v) is 2.08. The van der Waals surface area contributed by atoms with E-state index in [0.717, 1.165) is 5.56 Å². The van der Waals surface area contributed by atoms with Crippen LogP contribution >= 0.6 is 0 Å². The average Bonchev–Trinajstić information content (AvgIpc) is 2.52. The van der Waals surface area contributed by atoms with Gasteiger partial charge in [0, 0.05) is 11.5 Å². The van der Waals surface area contributed by atoms with Crippen molar-refractivity contribution < 1.29 is 13.9 Å². The lowest BCUT2D eigenvalue weighted by molar-refractivity contribution is 0.0475. The second-order valence-electron chi connectivity index (χ2n) is 4.53. The zero-order valence-electron chi connectivity index (χ0n) is 11.1. The van der Waals surface area contributed by atoms with E-state index < -0.39 is 11.6 Å².